The van der Waals surface area contributed by atoms with E-state index in [1.807, 2.05) is 0 Å². The molecule has 5 rings (SSSR count). The van der Waals surface area contributed by atoms with Crippen molar-refractivity contribution in [1.29, 1.82) is 0 Å². The van der Waals surface area contributed by atoms with Gasteiger partial charge in [0.2, 0.25) is 0 Å². The third-order valence-electron chi connectivity index (χ3n) is 6.45. The second-order valence-electron chi connectivity index (χ2n) is 8.17. The summed E-state index contributed by atoms with van der Waals surface area (Å²) in [5, 5.41) is 1.03. The van der Waals surface area contributed by atoms with Gasteiger partial charge in [-0.3, -0.25) is 0 Å². The maximum Gasteiger partial charge on any atom is 0.269 e. The summed E-state index contributed by atoms with van der Waals surface area (Å²) >= 11 is 12.2. The van der Waals surface area contributed by atoms with Gasteiger partial charge in [0.15, 0.2) is 0 Å². The largest absolute Gasteiger partial charge is 0.300 e. The zero-order valence-corrected chi connectivity index (χ0v) is 18.5. The summed E-state index contributed by atoms with van der Waals surface area (Å²) in [6, 6.07) is 9.15. The first kappa shape index (κ1) is 20.3. The third kappa shape index (κ3) is 3.34. The maximum atomic E-state index is 14.1. The van der Waals surface area contributed by atoms with Gasteiger partial charge in [-0.15, -0.1) is 0 Å². The Bertz CT molecular complexity index is 1240. The molecule has 2 unspecified atom stereocenters. The minimum Gasteiger partial charge on any atom is -0.300 e. The lowest BCUT2D eigenvalue weighted by Gasteiger charge is -2.34. The van der Waals surface area contributed by atoms with E-state index in [9.17, 15) is 12.8 Å². The average molecular weight is 467 g/mol. The Morgan fingerprint density at radius 1 is 1.03 bits per heavy atom. The van der Waals surface area contributed by atoms with Crippen LogP contribution in [0.3, 0.4) is 0 Å². The zero-order chi connectivity index (χ0) is 21.0. The molecule has 0 N–H and O–H groups in total. The molecule has 2 saturated heterocycles. The highest BCUT2D eigenvalue weighted by molar-refractivity contribution is 7.90. The second kappa shape index (κ2) is 7.52. The summed E-state index contributed by atoms with van der Waals surface area (Å²) in [6.45, 7) is 2.12. The minimum absolute atomic E-state index is 0.0601. The summed E-state index contributed by atoms with van der Waals surface area (Å²) < 4.78 is 42.4. The van der Waals surface area contributed by atoms with Gasteiger partial charge in [0.25, 0.3) is 10.0 Å². The lowest BCUT2D eigenvalue weighted by Crippen LogP contribution is -2.37. The van der Waals surface area contributed by atoms with Crippen LogP contribution in [-0.4, -0.2) is 36.4 Å². The van der Waals surface area contributed by atoms with E-state index in [1.165, 1.54) is 47.1 Å². The third-order valence-corrected chi connectivity index (χ3v) is 8.84. The maximum absolute atomic E-state index is 14.1. The first-order valence-corrected chi connectivity index (χ1v) is 12.3. The predicted octanol–water partition coefficient (Wildman–Crippen LogP) is 5.67. The molecule has 0 aliphatic carbocycles. The highest BCUT2D eigenvalue weighted by Gasteiger charge is 2.34. The highest BCUT2D eigenvalue weighted by Crippen LogP contribution is 2.41. The Balaban J connectivity index is 1.66. The van der Waals surface area contributed by atoms with Gasteiger partial charge >= 0.3 is 0 Å². The van der Waals surface area contributed by atoms with E-state index in [2.05, 4.69) is 4.90 Å². The quantitative estimate of drug-likeness (QED) is 0.499. The number of benzene rings is 2. The predicted molar refractivity (Wildman–Crippen MR) is 118 cm³/mol. The molecule has 0 saturated carbocycles. The summed E-state index contributed by atoms with van der Waals surface area (Å²) in [5.74, 6) is -0.182. The van der Waals surface area contributed by atoms with E-state index in [0.717, 1.165) is 31.5 Å². The van der Waals surface area contributed by atoms with Crippen molar-refractivity contribution in [2.24, 2.45) is 0 Å². The molecule has 1 aromatic heterocycles. The molecule has 3 aromatic rings. The van der Waals surface area contributed by atoms with Crippen molar-refractivity contribution in [2.75, 3.05) is 13.1 Å². The van der Waals surface area contributed by atoms with Crippen LogP contribution in [0.25, 0.3) is 10.9 Å². The monoisotopic (exact) mass is 466 g/mol. The van der Waals surface area contributed by atoms with Gasteiger partial charge in [0, 0.05) is 22.6 Å². The number of rotatable bonds is 3. The number of fused-ring (bicyclic) bond motifs is 2. The fourth-order valence-electron chi connectivity index (χ4n) is 5.01. The van der Waals surface area contributed by atoms with Gasteiger partial charge in [0.1, 0.15) is 10.7 Å². The van der Waals surface area contributed by atoms with Crippen molar-refractivity contribution in [3.63, 3.8) is 0 Å². The number of aromatic nitrogens is 1. The number of piperidine rings is 1. The van der Waals surface area contributed by atoms with E-state index in [-0.39, 0.29) is 26.7 Å². The molecule has 2 aromatic carbocycles. The van der Waals surface area contributed by atoms with E-state index < -0.39 is 10.0 Å². The molecule has 2 aliphatic heterocycles. The molecule has 158 valence electrons. The second-order valence-corrected chi connectivity index (χ2v) is 10.8. The zero-order valence-electron chi connectivity index (χ0n) is 16.2. The van der Waals surface area contributed by atoms with Gasteiger partial charge < -0.3 is 4.90 Å². The average Bonchev–Trinajstić information content (AvgIpc) is 3.33. The van der Waals surface area contributed by atoms with Crippen LogP contribution in [0.15, 0.2) is 47.5 Å². The molecule has 2 fully saturated rings. The van der Waals surface area contributed by atoms with Crippen molar-refractivity contribution in [1.82, 2.24) is 8.87 Å². The molecule has 4 nitrogen and oxygen atoms in total. The number of hydrogen-bond acceptors (Lipinski definition) is 3. The highest BCUT2D eigenvalue weighted by atomic mass is 35.5. The van der Waals surface area contributed by atoms with Crippen LogP contribution in [-0.2, 0) is 10.0 Å². The van der Waals surface area contributed by atoms with Crippen LogP contribution in [0.2, 0.25) is 10.0 Å². The van der Waals surface area contributed by atoms with Crippen LogP contribution in [0.4, 0.5) is 4.39 Å². The van der Waals surface area contributed by atoms with E-state index in [0.29, 0.717) is 16.9 Å². The van der Waals surface area contributed by atoms with Crippen molar-refractivity contribution >= 4 is 44.1 Å². The van der Waals surface area contributed by atoms with Crippen LogP contribution in [0.1, 0.15) is 37.2 Å². The number of hydrogen-bond donors (Lipinski definition) is 0. The summed E-state index contributed by atoms with van der Waals surface area (Å²) in [4.78, 5) is 2.45. The first-order valence-electron chi connectivity index (χ1n) is 10.1. The summed E-state index contributed by atoms with van der Waals surface area (Å²) in [5.41, 5.74) is 1.34. The molecule has 2 aliphatic rings. The molecule has 0 bridgehead atoms. The molecule has 0 radical (unpaired) electrons. The van der Waals surface area contributed by atoms with Gasteiger partial charge in [-0.2, -0.15) is 0 Å². The van der Waals surface area contributed by atoms with Gasteiger partial charge in [-0.25, -0.2) is 16.8 Å². The fraction of sp³-hybridized carbons (Fsp3) is 0.364. The Morgan fingerprint density at radius 2 is 1.87 bits per heavy atom. The smallest absolute Gasteiger partial charge is 0.269 e. The van der Waals surface area contributed by atoms with E-state index in [4.69, 9.17) is 23.2 Å². The van der Waals surface area contributed by atoms with E-state index in [1.54, 1.807) is 12.3 Å². The van der Waals surface area contributed by atoms with Crippen LogP contribution in [0, 0.1) is 5.82 Å². The molecule has 0 spiro atoms. The Labute approximate surface area is 185 Å². The molecule has 2 atom stereocenters. The van der Waals surface area contributed by atoms with Crippen LogP contribution < -0.4 is 0 Å². The molecular formula is C22H21Cl2FN2O2S. The SMILES string of the molecule is O=S(=O)(c1cc(Cl)ccc1Cl)n1cc(C2CCN3CCCC3C2)c2cc(F)ccc21. The van der Waals surface area contributed by atoms with Gasteiger partial charge in [-0.05, 0) is 86.7 Å². The van der Waals surface area contributed by atoms with Crippen molar-refractivity contribution < 1.29 is 12.8 Å². The van der Waals surface area contributed by atoms with Gasteiger partial charge in [0.05, 0.1) is 10.5 Å². The lowest BCUT2D eigenvalue weighted by atomic mass is 9.85. The molecule has 8 heteroatoms. The Hall–Kier alpha value is -1.60. The fourth-order valence-corrected chi connectivity index (χ4v) is 7.13. The molecule has 30 heavy (non-hydrogen) atoms. The Kier molecular flexibility index (Phi) is 5.09. The summed E-state index contributed by atoms with van der Waals surface area (Å²) in [7, 11) is -4.00. The molecular weight excluding hydrogens is 446 g/mol. The molecule has 3 heterocycles. The lowest BCUT2D eigenvalue weighted by molar-refractivity contribution is 0.181. The van der Waals surface area contributed by atoms with Crippen LogP contribution in [0.5, 0.6) is 0 Å². The standard InChI is InChI=1S/C22H21Cl2FN2O2S/c23-15-3-5-20(24)22(11-15)30(28,29)27-13-19(18-12-16(25)4-6-21(18)27)14-7-9-26-8-1-2-17(26)10-14/h3-6,11-14,17H,1-2,7-10H2. The first-order chi connectivity index (χ1) is 14.3. The topological polar surface area (TPSA) is 42.3 Å². The van der Waals surface area contributed by atoms with Crippen LogP contribution >= 0.6 is 23.2 Å². The normalized spacial score (nSPS) is 22.5. The Morgan fingerprint density at radius 3 is 2.70 bits per heavy atom. The molecule has 0 amide bonds. The number of nitrogens with zero attached hydrogens (tertiary/aromatic N) is 2. The van der Waals surface area contributed by atoms with Gasteiger partial charge in [-0.1, -0.05) is 23.2 Å². The van der Waals surface area contributed by atoms with Crippen molar-refractivity contribution in [3.8, 4) is 0 Å². The van der Waals surface area contributed by atoms with Crippen molar-refractivity contribution in [2.45, 2.75) is 42.5 Å². The van der Waals surface area contributed by atoms with E-state index >= 15 is 0 Å². The summed E-state index contributed by atoms with van der Waals surface area (Å²) in [6.07, 6.45) is 5.93. The van der Waals surface area contributed by atoms with Crippen molar-refractivity contribution in [3.05, 3.63) is 64.0 Å². The number of halogens is 3. The minimum atomic E-state index is -4.00.